The maximum atomic E-state index is 12.2. The summed E-state index contributed by atoms with van der Waals surface area (Å²) in [7, 11) is 1.68. The highest BCUT2D eigenvalue weighted by atomic mass is 16.2. The van der Waals surface area contributed by atoms with Crippen molar-refractivity contribution in [1.82, 2.24) is 9.97 Å². The van der Waals surface area contributed by atoms with E-state index in [2.05, 4.69) is 15.4 Å². The molecular formula is C12H13N5O. The van der Waals surface area contributed by atoms with Crippen molar-refractivity contribution in [3.63, 3.8) is 0 Å². The topological polar surface area (TPSA) is 84.1 Å². The molecule has 0 spiro atoms. The van der Waals surface area contributed by atoms with Gasteiger partial charge in [0, 0.05) is 31.3 Å². The highest BCUT2D eigenvalue weighted by molar-refractivity contribution is 6.04. The molecule has 0 aliphatic carbocycles. The molecule has 6 nitrogen and oxygen atoms in total. The van der Waals surface area contributed by atoms with E-state index in [0.29, 0.717) is 11.4 Å². The third-order valence-corrected chi connectivity index (χ3v) is 2.50. The second-order valence-electron chi connectivity index (χ2n) is 3.64. The lowest BCUT2D eigenvalue weighted by atomic mass is 10.2. The molecule has 18 heavy (non-hydrogen) atoms. The number of pyridine rings is 2. The van der Waals surface area contributed by atoms with Crippen LogP contribution in [0.5, 0.6) is 0 Å². The molecule has 0 aliphatic heterocycles. The zero-order valence-electron chi connectivity index (χ0n) is 9.87. The molecule has 0 radical (unpaired) electrons. The van der Waals surface area contributed by atoms with Crippen LogP contribution < -0.4 is 16.2 Å². The summed E-state index contributed by atoms with van der Waals surface area (Å²) in [5.74, 6) is 5.09. The van der Waals surface area contributed by atoms with E-state index in [0.717, 1.165) is 5.69 Å². The van der Waals surface area contributed by atoms with E-state index in [-0.39, 0.29) is 5.91 Å². The van der Waals surface area contributed by atoms with Gasteiger partial charge in [-0.1, -0.05) is 0 Å². The Morgan fingerprint density at radius 1 is 1.28 bits per heavy atom. The van der Waals surface area contributed by atoms with Crippen LogP contribution in [-0.2, 0) is 0 Å². The lowest BCUT2D eigenvalue weighted by molar-refractivity contribution is 0.0988. The number of nitrogen functional groups attached to an aromatic ring is 1. The van der Waals surface area contributed by atoms with Gasteiger partial charge in [0.1, 0.15) is 5.69 Å². The average Bonchev–Trinajstić information content (AvgIpc) is 2.46. The summed E-state index contributed by atoms with van der Waals surface area (Å²) in [4.78, 5) is 21.6. The molecule has 3 N–H and O–H groups in total. The fourth-order valence-electron chi connectivity index (χ4n) is 1.49. The fourth-order valence-corrected chi connectivity index (χ4v) is 1.49. The highest BCUT2D eigenvalue weighted by Crippen LogP contribution is 2.14. The summed E-state index contributed by atoms with van der Waals surface area (Å²) in [5, 5.41) is 0. The first-order chi connectivity index (χ1) is 8.72. The lowest BCUT2D eigenvalue weighted by Crippen LogP contribution is -2.27. The van der Waals surface area contributed by atoms with E-state index in [1.165, 1.54) is 11.1 Å². The third-order valence-electron chi connectivity index (χ3n) is 2.50. The number of carbonyl (C=O) groups is 1. The van der Waals surface area contributed by atoms with Crippen LogP contribution in [0.2, 0.25) is 0 Å². The molecule has 0 fully saturated rings. The molecule has 0 unspecified atom stereocenters. The van der Waals surface area contributed by atoms with Gasteiger partial charge >= 0.3 is 0 Å². The van der Waals surface area contributed by atoms with Crippen molar-refractivity contribution < 1.29 is 4.79 Å². The van der Waals surface area contributed by atoms with Crippen LogP contribution in [0.25, 0.3) is 0 Å². The molecule has 0 aromatic carbocycles. The van der Waals surface area contributed by atoms with Crippen LogP contribution in [0, 0.1) is 0 Å². The second kappa shape index (κ2) is 5.24. The standard InChI is InChI=1S/C12H13N5O/c1-17(10-3-5-14-6-4-10)12(18)11-8-9(16-13)2-7-15-11/h2-8H,13H2,1H3,(H,15,16). The predicted molar refractivity (Wildman–Crippen MR) is 69.0 cm³/mol. The number of aromatic nitrogens is 2. The number of anilines is 2. The van der Waals surface area contributed by atoms with Gasteiger partial charge in [-0.2, -0.15) is 0 Å². The Bertz CT molecular complexity index is 543. The van der Waals surface area contributed by atoms with E-state index in [1.807, 2.05) is 0 Å². The van der Waals surface area contributed by atoms with Crippen molar-refractivity contribution in [1.29, 1.82) is 0 Å². The Labute approximate surface area is 104 Å². The minimum Gasteiger partial charge on any atom is -0.324 e. The van der Waals surface area contributed by atoms with Crippen molar-refractivity contribution >= 4 is 17.3 Å². The van der Waals surface area contributed by atoms with E-state index in [4.69, 9.17) is 5.84 Å². The van der Waals surface area contributed by atoms with Gasteiger partial charge in [0.25, 0.3) is 5.91 Å². The van der Waals surface area contributed by atoms with Crippen LogP contribution in [0.15, 0.2) is 42.9 Å². The van der Waals surface area contributed by atoms with Gasteiger partial charge in [-0.25, -0.2) is 0 Å². The Morgan fingerprint density at radius 2 is 2.00 bits per heavy atom. The van der Waals surface area contributed by atoms with E-state index in [1.54, 1.807) is 43.7 Å². The summed E-state index contributed by atoms with van der Waals surface area (Å²) in [5.41, 5.74) is 4.19. The number of hydrogen-bond acceptors (Lipinski definition) is 5. The van der Waals surface area contributed by atoms with E-state index in [9.17, 15) is 4.79 Å². The molecule has 2 aromatic rings. The van der Waals surface area contributed by atoms with Gasteiger partial charge in [0.2, 0.25) is 0 Å². The molecule has 1 amide bonds. The summed E-state index contributed by atoms with van der Waals surface area (Å²) >= 11 is 0. The van der Waals surface area contributed by atoms with Gasteiger partial charge in [0.15, 0.2) is 0 Å². The predicted octanol–water partition coefficient (Wildman–Crippen LogP) is 1.04. The molecule has 0 aliphatic rings. The Balaban J connectivity index is 2.25. The van der Waals surface area contributed by atoms with Gasteiger partial charge in [-0.05, 0) is 24.3 Å². The summed E-state index contributed by atoms with van der Waals surface area (Å²) in [6.45, 7) is 0. The lowest BCUT2D eigenvalue weighted by Gasteiger charge is -2.16. The van der Waals surface area contributed by atoms with Crippen molar-refractivity contribution in [2.45, 2.75) is 0 Å². The van der Waals surface area contributed by atoms with E-state index >= 15 is 0 Å². The second-order valence-corrected chi connectivity index (χ2v) is 3.64. The molecule has 92 valence electrons. The summed E-state index contributed by atoms with van der Waals surface area (Å²) < 4.78 is 0. The van der Waals surface area contributed by atoms with Crippen molar-refractivity contribution in [2.24, 2.45) is 5.84 Å². The Kier molecular flexibility index (Phi) is 3.49. The molecule has 0 saturated heterocycles. The quantitative estimate of drug-likeness (QED) is 0.621. The normalized spacial score (nSPS) is 9.89. The van der Waals surface area contributed by atoms with Crippen LogP contribution in [0.1, 0.15) is 10.5 Å². The third kappa shape index (κ3) is 2.44. The molecule has 6 heteroatoms. The number of carbonyl (C=O) groups excluding carboxylic acids is 1. The molecule has 2 rings (SSSR count). The molecule has 2 aromatic heterocycles. The minimum absolute atomic E-state index is 0.210. The number of hydrazine groups is 1. The van der Waals surface area contributed by atoms with Crippen LogP contribution in [0.4, 0.5) is 11.4 Å². The Hall–Kier alpha value is -2.47. The number of amides is 1. The van der Waals surface area contributed by atoms with Crippen molar-refractivity contribution in [3.8, 4) is 0 Å². The molecule has 2 heterocycles. The Morgan fingerprint density at radius 3 is 2.67 bits per heavy atom. The van der Waals surface area contributed by atoms with Crippen molar-refractivity contribution in [2.75, 3.05) is 17.4 Å². The van der Waals surface area contributed by atoms with Gasteiger partial charge < -0.3 is 10.3 Å². The van der Waals surface area contributed by atoms with Crippen LogP contribution >= 0.6 is 0 Å². The van der Waals surface area contributed by atoms with Gasteiger partial charge in [-0.15, -0.1) is 0 Å². The summed E-state index contributed by atoms with van der Waals surface area (Å²) in [6.07, 6.45) is 4.79. The maximum absolute atomic E-state index is 12.2. The molecule has 0 saturated carbocycles. The first kappa shape index (κ1) is 12.0. The highest BCUT2D eigenvalue weighted by Gasteiger charge is 2.14. The zero-order chi connectivity index (χ0) is 13.0. The smallest absolute Gasteiger partial charge is 0.276 e. The largest absolute Gasteiger partial charge is 0.324 e. The molecule has 0 bridgehead atoms. The van der Waals surface area contributed by atoms with Crippen LogP contribution in [-0.4, -0.2) is 22.9 Å². The average molecular weight is 243 g/mol. The number of hydrogen-bond donors (Lipinski definition) is 2. The summed E-state index contributed by atoms with van der Waals surface area (Å²) in [6, 6.07) is 6.79. The number of nitrogens with two attached hydrogens (primary N) is 1. The number of nitrogens with zero attached hydrogens (tertiary/aromatic N) is 3. The first-order valence-electron chi connectivity index (χ1n) is 5.33. The van der Waals surface area contributed by atoms with Crippen molar-refractivity contribution in [3.05, 3.63) is 48.5 Å². The molecular weight excluding hydrogens is 230 g/mol. The van der Waals surface area contributed by atoms with Gasteiger partial charge in [0.05, 0.1) is 5.69 Å². The number of nitrogens with one attached hydrogen (secondary N) is 1. The fraction of sp³-hybridized carbons (Fsp3) is 0.0833. The van der Waals surface area contributed by atoms with E-state index < -0.39 is 0 Å². The van der Waals surface area contributed by atoms with Crippen LogP contribution in [0.3, 0.4) is 0 Å². The minimum atomic E-state index is -0.210. The first-order valence-corrected chi connectivity index (χ1v) is 5.33. The SMILES string of the molecule is CN(C(=O)c1cc(NN)ccn1)c1ccncc1. The monoisotopic (exact) mass is 243 g/mol. The zero-order valence-corrected chi connectivity index (χ0v) is 9.87. The maximum Gasteiger partial charge on any atom is 0.276 e. The molecule has 0 atom stereocenters. The van der Waals surface area contributed by atoms with Gasteiger partial charge in [-0.3, -0.25) is 20.6 Å². The number of rotatable bonds is 3.